The van der Waals surface area contributed by atoms with Crippen LogP contribution in [0.3, 0.4) is 0 Å². The lowest BCUT2D eigenvalue weighted by molar-refractivity contribution is -0.387. The Balaban J connectivity index is 1.54. The van der Waals surface area contributed by atoms with Crippen LogP contribution in [-0.2, 0) is 24.3 Å². The molecule has 11 nitrogen and oxygen atoms in total. The molecule has 0 bridgehead atoms. The van der Waals surface area contributed by atoms with E-state index in [1.165, 1.54) is 35.8 Å². The number of ether oxygens (including phenoxy) is 1. The molecule has 0 aliphatic carbocycles. The van der Waals surface area contributed by atoms with Crippen LogP contribution in [0.15, 0.2) is 47.6 Å². The van der Waals surface area contributed by atoms with Crippen molar-refractivity contribution in [2.24, 2.45) is 5.92 Å². The van der Waals surface area contributed by atoms with Crippen LogP contribution < -0.4 is 5.32 Å². The number of anilines is 1. The topological polar surface area (TPSA) is 149 Å². The van der Waals surface area contributed by atoms with Crippen molar-refractivity contribution in [3.8, 4) is 0 Å². The monoisotopic (exact) mass is 480 g/mol. The molecule has 33 heavy (non-hydrogen) atoms. The third-order valence-corrected chi connectivity index (χ3v) is 7.01. The number of esters is 1. The van der Waals surface area contributed by atoms with Gasteiger partial charge in [-0.2, -0.15) is 8.70 Å². The summed E-state index contributed by atoms with van der Waals surface area (Å²) in [6, 6.07) is 5.82. The van der Waals surface area contributed by atoms with Crippen molar-refractivity contribution >= 4 is 33.3 Å². The Morgan fingerprint density at radius 2 is 2.00 bits per heavy atom. The minimum Gasteiger partial charge on any atom is -0.452 e. The van der Waals surface area contributed by atoms with Crippen LogP contribution >= 0.6 is 0 Å². The molecule has 0 saturated carbocycles. The minimum atomic E-state index is -3.72. The van der Waals surface area contributed by atoms with E-state index in [0.29, 0.717) is 0 Å². The summed E-state index contributed by atoms with van der Waals surface area (Å²) in [5, 5.41) is 13.2. The van der Waals surface area contributed by atoms with Gasteiger partial charge in [0.15, 0.2) is 6.10 Å². The predicted molar refractivity (Wildman–Crippen MR) is 113 cm³/mol. The summed E-state index contributed by atoms with van der Waals surface area (Å²) in [7, 11) is -3.72. The molecule has 1 aliphatic rings. The zero-order valence-corrected chi connectivity index (χ0v) is 18.3. The first kappa shape index (κ1) is 24.2. The van der Waals surface area contributed by atoms with E-state index >= 15 is 0 Å². The maximum Gasteiger partial charge on any atom is 0.309 e. The second-order valence-electron chi connectivity index (χ2n) is 7.36. The number of hydrogen-bond acceptors (Lipinski definition) is 8. The normalized spacial score (nSPS) is 16.1. The lowest BCUT2D eigenvalue weighted by Crippen LogP contribution is -2.41. The highest BCUT2D eigenvalue weighted by atomic mass is 32.2. The van der Waals surface area contributed by atoms with Crippen LogP contribution in [0, 0.1) is 21.8 Å². The molecule has 1 atom stereocenters. The van der Waals surface area contributed by atoms with Gasteiger partial charge in [-0.15, -0.1) is 0 Å². The highest BCUT2D eigenvalue weighted by molar-refractivity contribution is 7.89. The second kappa shape index (κ2) is 10.0. The average molecular weight is 480 g/mol. The van der Waals surface area contributed by atoms with Gasteiger partial charge in [0.25, 0.3) is 5.91 Å². The van der Waals surface area contributed by atoms with Crippen molar-refractivity contribution in [3.05, 3.63) is 58.7 Å². The smallest absolute Gasteiger partial charge is 0.309 e. The third kappa shape index (κ3) is 5.68. The summed E-state index contributed by atoms with van der Waals surface area (Å²) < 4.78 is 45.2. The summed E-state index contributed by atoms with van der Waals surface area (Å²) in [5.74, 6) is -3.04. The van der Waals surface area contributed by atoms with Crippen LogP contribution in [0.5, 0.6) is 0 Å². The number of sulfonamides is 1. The quantitative estimate of drug-likeness (QED) is 0.360. The SMILES string of the molecule is CC(OC(=O)C1CCN(S(=O)(=O)c2cccnc2)CC1)C(=O)Nc1ccc(F)c([N+](=O)[O-])c1. The molecule has 1 saturated heterocycles. The van der Waals surface area contributed by atoms with Gasteiger partial charge in [-0.1, -0.05) is 0 Å². The fourth-order valence-electron chi connectivity index (χ4n) is 3.28. The lowest BCUT2D eigenvalue weighted by atomic mass is 9.98. The van der Waals surface area contributed by atoms with E-state index in [4.69, 9.17) is 4.74 Å². The number of nitrogens with one attached hydrogen (secondary N) is 1. The number of hydrogen-bond donors (Lipinski definition) is 1. The summed E-state index contributed by atoms with van der Waals surface area (Å²) in [4.78, 5) is 38.5. The minimum absolute atomic E-state index is 0.0232. The molecule has 1 N–H and O–H groups in total. The van der Waals surface area contributed by atoms with Gasteiger partial charge in [-0.05, 0) is 44.0 Å². The number of nitro groups is 1. The van der Waals surface area contributed by atoms with E-state index < -0.39 is 50.3 Å². The van der Waals surface area contributed by atoms with E-state index in [9.17, 15) is 32.5 Å². The van der Waals surface area contributed by atoms with Gasteiger partial charge in [0, 0.05) is 37.2 Å². The number of carbonyl (C=O) groups is 2. The predicted octanol–water partition coefficient (Wildman–Crippen LogP) is 2.10. The molecule has 0 spiro atoms. The number of carbonyl (C=O) groups excluding carboxylic acids is 2. The molecule has 1 amide bonds. The molecule has 1 fully saturated rings. The van der Waals surface area contributed by atoms with Crippen LogP contribution in [0.25, 0.3) is 0 Å². The highest BCUT2D eigenvalue weighted by Gasteiger charge is 2.34. The van der Waals surface area contributed by atoms with E-state index in [1.807, 2.05) is 0 Å². The van der Waals surface area contributed by atoms with Crippen molar-refractivity contribution in [3.63, 3.8) is 0 Å². The molecular formula is C20H21FN4O7S. The van der Waals surface area contributed by atoms with Crippen LogP contribution in [0.2, 0.25) is 0 Å². The number of piperidine rings is 1. The number of pyridine rings is 1. The molecule has 13 heteroatoms. The highest BCUT2D eigenvalue weighted by Crippen LogP contribution is 2.25. The summed E-state index contributed by atoms with van der Waals surface area (Å²) >= 11 is 0. The molecule has 1 aliphatic heterocycles. The molecule has 2 heterocycles. The van der Waals surface area contributed by atoms with E-state index in [-0.39, 0.29) is 36.5 Å². The van der Waals surface area contributed by atoms with Gasteiger partial charge in [0.05, 0.1) is 10.8 Å². The molecule has 1 aromatic carbocycles. The van der Waals surface area contributed by atoms with Crippen molar-refractivity contribution in [1.29, 1.82) is 0 Å². The third-order valence-electron chi connectivity index (χ3n) is 5.13. The van der Waals surface area contributed by atoms with Gasteiger partial charge in [-0.3, -0.25) is 24.7 Å². The average Bonchev–Trinajstić information content (AvgIpc) is 2.80. The first-order valence-electron chi connectivity index (χ1n) is 9.95. The second-order valence-corrected chi connectivity index (χ2v) is 9.30. The number of benzene rings is 1. The molecular weight excluding hydrogens is 459 g/mol. The Morgan fingerprint density at radius 3 is 2.61 bits per heavy atom. The fourth-order valence-corrected chi connectivity index (χ4v) is 4.71. The zero-order valence-electron chi connectivity index (χ0n) is 17.5. The van der Waals surface area contributed by atoms with Gasteiger partial charge in [0.1, 0.15) is 4.90 Å². The fraction of sp³-hybridized carbons (Fsp3) is 0.350. The molecule has 1 unspecified atom stereocenters. The maximum atomic E-state index is 13.4. The van der Waals surface area contributed by atoms with Gasteiger partial charge < -0.3 is 10.1 Å². The number of nitrogens with zero attached hydrogens (tertiary/aromatic N) is 3. The molecule has 1 aromatic heterocycles. The lowest BCUT2D eigenvalue weighted by Gasteiger charge is -2.30. The molecule has 0 radical (unpaired) electrons. The number of halogens is 1. The standard InChI is InChI=1S/C20H21FN4O7S/c1-13(19(26)23-15-4-5-17(21)18(11-15)25(28)29)32-20(27)14-6-9-24(10-7-14)33(30,31)16-3-2-8-22-12-16/h2-5,8,11-14H,6-7,9-10H2,1H3,(H,23,26). The van der Waals surface area contributed by atoms with Crippen LogP contribution in [0.4, 0.5) is 15.8 Å². The molecule has 176 valence electrons. The van der Waals surface area contributed by atoms with Crippen LogP contribution in [0.1, 0.15) is 19.8 Å². The summed E-state index contributed by atoms with van der Waals surface area (Å²) in [5.41, 5.74) is -0.824. The van der Waals surface area contributed by atoms with Gasteiger partial charge >= 0.3 is 11.7 Å². The van der Waals surface area contributed by atoms with Crippen molar-refractivity contribution < 1.29 is 32.1 Å². The Hall–Kier alpha value is -3.45. The van der Waals surface area contributed by atoms with Gasteiger partial charge in [0.2, 0.25) is 15.8 Å². The Kier molecular flexibility index (Phi) is 7.33. The van der Waals surface area contributed by atoms with Crippen LogP contribution in [-0.4, -0.2) is 53.7 Å². The van der Waals surface area contributed by atoms with Crippen molar-refractivity contribution in [2.45, 2.75) is 30.8 Å². The first-order chi connectivity index (χ1) is 15.6. The zero-order chi connectivity index (χ0) is 24.2. The van der Waals surface area contributed by atoms with Crippen molar-refractivity contribution in [1.82, 2.24) is 9.29 Å². The van der Waals surface area contributed by atoms with Gasteiger partial charge in [-0.25, -0.2) is 8.42 Å². The van der Waals surface area contributed by atoms with E-state index in [0.717, 1.165) is 18.2 Å². The Morgan fingerprint density at radius 1 is 1.30 bits per heavy atom. The summed E-state index contributed by atoms with van der Waals surface area (Å²) in [6.07, 6.45) is 1.94. The largest absolute Gasteiger partial charge is 0.452 e. The Labute approximate surface area is 188 Å². The number of amides is 1. The number of rotatable bonds is 7. The Bertz CT molecular complexity index is 1150. The summed E-state index contributed by atoms with van der Waals surface area (Å²) in [6.45, 7) is 1.54. The van der Waals surface area contributed by atoms with E-state index in [2.05, 4.69) is 10.3 Å². The molecule has 3 rings (SSSR count). The molecule has 2 aromatic rings. The number of nitro benzene ring substituents is 1. The number of aromatic nitrogens is 1. The maximum absolute atomic E-state index is 13.4. The first-order valence-corrected chi connectivity index (χ1v) is 11.4. The van der Waals surface area contributed by atoms with E-state index in [1.54, 1.807) is 0 Å². The van der Waals surface area contributed by atoms with Crippen molar-refractivity contribution in [2.75, 3.05) is 18.4 Å².